The highest BCUT2D eigenvalue weighted by Gasteiger charge is 2.11. The summed E-state index contributed by atoms with van der Waals surface area (Å²) >= 11 is 3.33. The van der Waals surface area contributed by atoms with Crippen LogP contribution in [0.25, 0.3) is 0 Å². The van der Waals surface area contributed by atoms with Gasteiger partial charge in [0.25, 0.3) is 5.91 Å². The number of amides is 1. The summed E-state index contributed by atoms with van der Waals surface area (Å²) in [7, 11) is -3.39. The van der Waals surface area contributed by atoms with Crippen LogP contribution in [0, 0.1) is 6.92 Å². The predicted molar refractivity (Wildman–Crippen MR) is 91.7 cm³/mol. The molecule has 0 radical (unpaired) electrons. The molecule has 2 N–H and O–H groups in total. The van der Waals surface area contributed by atoms with Gasteiger partial charge in [0.05, 0.1) is 11.9 Å². The molecule has 0 fully saturated rings. The number of hydrogen-bond acceptors (Lipinski definition) is 3. The largest absolute Gasteiger partial charge is 0.322 e. The maximum atomic E-state index is 12.3. The Labute approximate surface area is 137 Å². The van der Waals surface area contributed by atoms with Gasteiger partial charge in [0.2, 0.25) is 10.0 Å². The number of sulfonamides is 1. The van der Waals surface area contributed by atoms with Crippen molar-refractivity contribution in [2.75, 3.05) is 16.3 Å². The van der Waals surface area contributed by atoms with Crippen LogP contribution in [0.5, 0.6) is 0 Å². The third-order valence-corrected chi connectivity index (χ3v) is 3.96. The molecular formula is C15H15BrN2O3S. The van der Waals surface area contributed by atoms with E-state index < -0.39 is 10.0 Å². The lowest BCUT2D eigenvalue weighted by molar-refractivity contribution is 0.102. The first-order valence-corrected chi connectivity index (χ1v) is 9.08. The van der Waals surface area contributed by atoms with Crippen molar-refractivity contribution in [2.45, 2.75) is 6.92 Å². The molecule has 0 aromatic heterocycles. The molecule has 0 atom stereocenters. The minimum absolute atomic E-state index is 0.311. The summed E-state index contributed by atoms with van der Waals surface area (Å²) in [6, 6.07) is 12.1. The molecule has 0 unspecified atom stereocenters. The number of carbonyl (C=O) groups is 1. The van der Waals surface area contributed by atoms with Gasteiger partial charge in [0.15, 0.2) is 0 Å². The van der Waals surface area contributed by atoms with Crippen LogP contribution in [-0.2, 0) is 10.0 Å². The topological polar surface area (TPSA) is 75.3 Å². The average Bonchev–Trinajstić information content (AvgIpc) is 2.39. The Morgan fingerprint density at radius 3 is 2.50 bits per heavy atom. The number of benzene rings is 2. The molecule has 0 bridgehead atoms. The van der Waals surface area contributed by atoms with E-state index >= 15 is 0 Å². The van der Waals surface area contributed by atoms with E-state index in [0.29, 0.717) is 16.9 Å². The van der Waals surface area contributed by atoms with Crippen molar-refractivity contribution in [3.63, 3.8) is 0 Å². The minimum Gasteiger partial charge on any atom is -0.322 e. The Bertz CT molecular complexity index is 819. The van der Waals surface area contributed by atoms with Gasteiger partial charge < -0.3 is 5.32 Å². The first-order chi connectivity index (χ1) is 10.2. The number of halogens is 1. The maximum Gasteiger partial charge on any atom is 0.255 e. The van der Waals surface area contributed by atoms with Crippen LogP contribution >= 0.6 is 15.9 Å². The van der Waals surface area contributed by atoms with Crippen molar-refractivity contribution in [2.24, 2.45) is 0 Å². The molecule has 2 aromatic carbocycles. The lowest BCUT2D eigenvalue weighted by Crippen LogP contribution is -2.14. The highest BCUT2D eigenvalue weighted by molar-refractivity contribution is 9.10. The smallest absolute Gasteiger partial charge is 0.255 e. The second-order valence-corrected chi connectivity index (χ2v) is 7.53. The second kappa shape index (κ2) is 6.50. The molecule has 2 rings (SSSR count). The Hall–Kier alpha value is -1.86. The Kier molecular flexibility index (Phi) is 4.87. The van der Waals surface area contributed by atoms with Crippen LogP contribution in [0.2, 0.25) is 0 Å². The zero-order valence-corrected chi connectivity index (χ0v) is 14.5. The first kappa shape index (κ1) is 16.5. The summed E-state index contributed by atoms with van der Waals surface area (Å²) in [5.41, 5.74) is 2.16. The van der Waals surface area contributed by atoms with Gasteiger partial charge in [0, 0.05) is 15.7 Å². The summed E-state index contributed by atoms with van der Waals surface area (Å²) in [5.74, 6) is -0.311. The molecule has 0 heterocycles. The molecule has 0 aliphatic rings. The fraction of sp³-hybridized carbons (Fsp3) is 0.133. The van der Waals surface area contributed by atoms with E-state index in [0.717, 1.165) is 16.3 Å². The number of aryl methyl sites for hydroxylation is 1. The van der Waals surface area contributed by atoms with Gasteiger partial charge in [-0.3, -0.25) is 9.52 Å². The molecule has 0 saturated heterocycles. The second-order valence-electron chi connectivity index (χ2n) is 4.87. The van der Waals surface area contributed by atoms with Gasteiger partial charge in [-0.25, -0.2) is 8.42 Å². The Morgan fingerprint density at radius 1 is 1.14 bits per heavy atom. The van der Waals surface area contributed by atoms with Crippen molar-refractivity contribution in [1.29, 1.82) is 0 Å². The number of anilines is 2. The first-order valence-electron chi connectivity index (χ1n) is 6.40. The lowest BCUT2D eigenvalue weighted by Gasteiger charge is -2.10. The fourth-order valence-corrected chi connectivity index (χ4v) is 2.86. The van der Waals surface area contributed by atoms with E-state index in [2.05, 4.69) is 26.0 Å². The Morgan fingerprint density at radius 2 is 1.86 bits per heavy atom. The molecule has 5 nitrogen and oxygen atoms in total. The number of rotatable bonds is 4. The third-order valence-electron chi connectivity index (χ3n) is 2.88. The summed E-state index contributed by atoms with van der Waals surface area (Å²) in [5, 5.41) is 2.76. The average molecular weight is 383 g/mol. The van der Waals surface area contributed by atoms with Crippen molar-refractivity contribution < 1.29 is 13.2 Å². The van der Waals surface area contributed by atoms with Gasteiger partial charge in [-0.2, -0.15) is 0 Å². The standard InChI is InChI=1S/C15H15BrN2O3S/c1-10-6-7-11(8-14(10)18-22(2,20)21)15(19)17-13-5-3-4-12(16)9-13/h3-9,18H,1-2H3,(H,17,19). The molecule has 0 spiro atoms. The van der Waals surface area contributed by atoms with Gasteiger partial charge in [-0.15, -0.1) is 0 Å². The molecule has 116 valence electrons. The van der Waals surface area contributed by atoms with Crippen LogP contribution in [-0.4, -0.2) is 20.6 Å². The van der Waals surface area contributed by atoms with Crippen LogP contribution in [0.15, 0.2) is 46.9 Å². The van der Waals surface area contributed by atoms with Gasteiger partial charge >= 0.3 is 0 Å². The van der Waals surface area contributed by atoms with Crippen molar-refractivity contribution in [3.05, 3.63) is 58.1 Å². The van der Waals surface area contributed by atoms with E-state index in [9.17, 15) is 13.2 Å². The molecule has 22 heavy (non-hydrogen) atoms. The normalized spacial score (nSPS) is 11.0. The zero-order chi connectivity index (χ0) is 16.3. The predicted octanol–water partition coefficient (Wildman–Crippen LogP) is 3.38. The molecule has 1 amide bonds. The molecule has 0 aliphatic heterocycles. The molecule has 2 aromatic rings. The van der Waals surface area contributed by atoms with E-state index in [-0.39, 0.29) is 5.91 Å². The van der Waals surface area contributed by atoms with Crippen molar-refractivity contribution in [1.82, 2.24) is 0 Å². The van der Waals surface area contributed by atoms with Crippen LogP contribution in [0.3, 0.4) is 0 Å². The van der Waals surface area contributed by atoms with Crippen LogP contribution < -0.4 is 10.0 Å². The highest BCUT2D eigenvalue weighted by atomic mass is 79.9. The summed E-state index contributed by atoms with van der Waals surface area (Å²) in [4.78, 5) is 12.3. The van der Waals surface area contributed by atoms with Crippen molar-refractivity contribution in [3.8, 4) is 0 Å². The van der Waals surface area contributed by atoms with Crippen LogP contribution in [0.4, 0.5) is 11.4 Å². The number of hydrogen-bond donors (Lipinski definition) is 2. The van der Waals surface area contributed by atoms with E-state index in [1.165, 1.54) is 6.07 Å². The minimum atomic E-state index is -3.39. The zero-order valence-electron chi connectivity index (χ0n) is 12.1. The summed E-state index contributed by atoms with van der Waals surface area (Å²) < 4.78 is 25.9. The van der Waals surface area contributed by atoms with Gasteiger partial charge in [0.1, 0.15) is 0 Å². The molecular weight excluding hydrogens is 368 g/mol. The van der Waals surface area contributed by atoms with E-state index in [1.54, 1.807) is 31.2 Å². The molecule has 7 heteroatoms. The van der Waals surface area contributed by atoms with Gasteiger partial charge in [-0.05, 0) is 42.8 Å². The van der Waals surface area contributed by atoms with E-state index in [1.807, 2.05) is 12.1 Å². The molecule has 0 aliphatic carbocycles. The van der Waals surface area contributed by atoms with Gasteiger partial charge in [-0.1, -0.05) is 28.1 Å². The van der Waals surface area contributed by atoms with E-state index in [4.69, 9.17) is 0 Å². The maximum absolute atomic E-state index is 12.3. The molecule has 0 saturated carbocycles. The van der Waals surface area contributed by atoms with Crippen molar-refractivity contribution >= 4 is 43.2 Å². The summed E-state index contributed by atoms with van der Waals surface area (Å²) in [6.07, 6.45) is 1.07. The lowest BCUT2D eigenvalue weighted by atomic mass is 10.1. The quantitative estimate of drug-likeness (QED) is 0.850. The number of carbonyl (C=O) groups excluding carboxylic acids is 1. The highest BCUT2D eigenvalue weighted by Crippen LogP contribution is 2.20. The van der Waals surface area contributed by atoms with Crippen LogP contribution in [0.1, 0.15) is 15.9 Å². The number of nitrogens with one attached hydrogen (secondary N) is 2. The Balaban J connectivity index is 2.25. The third kappa shape index (κ3) is 4.57. The SMILES string of the molecule is Cc1ccc(C(=O)Nc2cccc(Br)c2)cc1NS(C)(=O)=O. The monoisotopic (exact) mass is 382 g/mol. The fourth-order valence-electron chi connectivity index (χ4n) is 1.84. The summed E-state index contributed by atoms with van der Waals surface area (Å²) in [6.45, 7) is 1.77.